The summed E-state index contributed by atoms with van der Waals surface area (Å²) in [7, 11) is 1.35. The fraction of sp³-hybridized carbons (Fsp3) is 0.314. The Morgan fingerprint density at radius 2 is 1.30 bits per heavy atom. The van der Waals surface area contributed by atoms with Crippen LogP contribution in [0.5, 0.6) is 17.2 Å². The number of hydrogen-bond acceptors (Lipinski definition) is 4. The van der Waals surface area contributed by atoms with Gasteiger partial charge in [-0.25, -0.2) is 0 Å². The third-order valence-electron chi connectivity index (χ3n) is 8.04. The van der Waals surface area contributed by atoms with Gasteiger partial charge in [0.1, 0.15) is 5.75 Å². The Morgan fingerprint density at radius 3 is 1.82 bits per heavy atom. The largest absolute Gasteiger partial charge is 0.493 e. The molecule has 0 N–H and O–H groups in total. The van der Waals surface area contributed by atoms with Crippen molar-refractivity contribution in [1.82, 2.24) is 0 Å². The highest BCUT2D eigenvalue weighted by molar-refractivity contribution is 6.80. The van der Waals surface area contributed by atoms with Gasteiger partial charge in [-0.2, -0.15) is 0 Å². The van der Waals surface area contributed by atoms with Crippen LogP contribution in [0, 0.1) is 11.3 Å². The zero-order valence-electron chi connectivity index (χ0n) is 24.2. The summed E-state index contributed by atoms with van der Waals surface area (Å²) in [6.45, 7) is 7.49. The van der Waals surface area contributed by atoms with E-state index in [0.717, 1.165) is 12.2 Å². The van der Waals surface area contributed by atoms with E-state index in [1.165, 1.54) is 15.9 Å². The first kappa shape index (κ1) is 28.0. The lowest BCUT2D eigenvalue weighted by Gasteiger charge is -2.36. The van der Waals surface area contributed by atoms with Gasteiger partial charge in [0, 0.05) is 11.5 Å². The Hall–Kier alpha value is -3.54. The molecule has 1 aliphatic rings. The van der Waals surface area contributed by atoms with Gasteiger partial charge in [-0.05, 0) is 45.8 Å². The van der Waals surface area contributed by atoms with Gasteiger partial charge in [-0.1, -0.05) is 112 Å². The van der Waals surface area contributed by atoms with Crippen LogP contribution in [0.1, 0.15) is 32.8 Å². The molecule has 3 atom stereocenters. The first-order valence-corrected chi connectivity index (χ1v) is 15.6. The van der Waals surface area contributed by atoms with Crippen LogP contribution in [0.25, 0.3) is 0 Å². The molecule has 0 saturated heterocycles. The maximum absolute atomic E-state index is 7.35. The molecule has 0 amide bonds. The van der Waals surface area contributed by atoms with Gasteiger partial charge >= 0.3 is 0 Å². The van der Waals surface area contributed by atoms with E-state index in [4.69, 9.17) is 18.6 Å². The minimum Gasteiger partial charge on any atom is -0.493 e. The van der Waals surface area contributed by atoms with E-state index in [0.29, 0.717) is 24.0 Å². The van der Waals surface area contributed by atoms with Crippen molar-refractivity contribution in [3.63, 3.8) is 0 Å². The normalized spacial score (nSPS) is 19.2. The monoisotopic (exact) mass is 552 g/mol. The van der Waals surface area contributed by atoms with Crippen molar-refractivity contribution < 1.29 is 18.6 Å². The smallest absolute Gasteiger partial charge is 0.240 e. The van der Waals surface area contributed by atoms with Crippen LogP contribution in [0.15, 0.2) is 109 Å². The molecule has 1 fully saturated rings. The minimum absolute atomic E-state index is 0.0544. The molecule has 4 aromatic rings. The molecule has 1 aliphatic carbocycles. The van der Waals surface area contributed by atoms with Crippen LogP contribution in [-0.2, 0) is 9.84 Å². The van der Waals surface area contributed by atoms with Gasteiger partial charge in [0.2, 0.25) is 9.04 Å². The maximum atomic E-state index is 7.35. The summed E-state index contributed by atoms with van der Waals surface area (Å²) in [6.07, 6.45) is 1.07. The predicted octanol–water partition coefficient (Wildman–Crippen LogP) is 6.01. The van der Waals surface area contributed by atoms with Crippen LogP contribution in [-0.4, -0.2) is 36.0 Å². The van der Waals surface area contributed by atoms with E-state index in [9.17, 15) is 0 Å². The Bertz CT molecular complexity index is 1330. The molecular formula is C35H40O4Si. The van der Waals surface area contributed by atoms with E-state index in [-0.39, 0.29) is 16.9 Å². The summed E-state index contributed by atoms with van der Waals surface area (Å²) < 4.78 is 24.8. The molecule has 0 heterocycles. The molecule has 208 valence electrons. The highest BCUT2D eigenvalue weighted by Crippen LogP contribution is 2.59. The van der Waals surface area contributed by atoms with E-state index in [1.807, 2.05) is 18.2 Å². The van der Waals surface area contributed by atoms with Crippen molar-refractivity contribution in [3.05, 3.63) is 115 Å². The first-order valence-electron chi connectivity index (χ1n) is 14.0. The highest BCUT2D eigenvalue weighted by atomic mass is 28.3. The number of benzene rings is 4. The van der Waals surface area contributed by atoms with Crippen molar-refractivity contribution in [3.8, 4) is 17.2 Å². The fourth-order valence-electron chi connectivity index (χ4n) is 5.85. The summed E-state index contributed by atoms with van der Waals surface area (Å²) >= 11 is 0. The second kappa shape index (κ2) is 11.9. The van der Waals surface area contributed by atoms with Crippen LogP contribution in [0.3, 0.4) is 0 Å². The first-order chi connectivity index (χ1) is 19.4. The van der Waals surface area contributed by atoms with Crippen molar-refractivity contribution in [1.29, 1.82) is 0 Å². The quantitative estimate of drug-likeness (QED) is 0.214. The molecular weight excluding hydrogens is 512 g/mol. The molecule has 4 nitrogen and oxygen atoms in total. The van der Waals surface area contributed by atoms with Crippen LogP contribution in [0.2, 0.25) is 0 Å². The molecule has 4 aromatic carbocycles. The second-order valence-electron chi connectivity index (χ2n) is 11.8. The average molecular weight is 553 g/mol. The predicted molar refractivity (Wildman–Crippen MR) is 165 cm³/mol. The summed E-state index contributed by atoms with van der Waals surface area (Å²) in [5.41, 5.74) is 1.11. The summed E-state index contributed by atoms with van der Waals surface area (Å²) in [5.74, 6) is 2.44. The molecule has 5 rings (SSSR count). The summed E-state index contributed by atoms with van der Waals surface area (Å²) in [4.78, 5) is 0. The summed E-state index contributed by atoms with van der Waals surface area (Å²) in [6, 6.07) is 38.1. The van der Waals surface area contributed by atoms with Gasteiger partial charge < -0.3 is 18.6 Å². The molecule has 0 aromatic heterocycles. The number of methoxy groups -OCH3 is 2. The Labute approximate surface area is 240 Å². The van der Waals surface area contributed by atoms with Crippen LogP contribution in [0.4, 0.5) is 0 Å². The van der Waals surface area contributed by atoms with Crippen molar-refractivity contribution in [2.75, 3.05) is 20.8 Å². The molecule has 0 bridgehead atoms. The topological polar surface area (TPSA) is 36.9 Å². The minimum atomic E-state index is -1.95. The lowest BCUT2D eigenvalue weighted by atomic mass is 9.82. The Morgan fingerprint density at radius 1 is 0.750 bits per heavy atom. The highest BCUT2D eigenvalue weighted by Gasteiger charge is 2.61. The molecule has 1 saturated carbocycles. The molecule has 3 unspecified atom stereocenters. The van der Waals surface area contributed by atoms with Crippen molar-refractivity contribution in [2.45, 2.75) is 38.7 Å². The maximum Gasteiger partial charge on any atom is 0.240 e. The number of ether oxygens (including phenoxy) is 3. The zero-order chi connectivity index (χ0) is 28.2. The van der Waals surface area contributed by atoms with Gasteiger partial charge in [-0.15, -0.1) is 0 Å². The van der Waals surface area contributed by atoms with Gasteiger partial charge in [0.15, 0.2) is 11.5 Å². The van der Waals surface area contributed by atoms with Crippen LogP contribution >= 0.6 is 0 Å². The molecule has 0 radical (unpaired) electrons. The van der Waals surface area contributed by atoms with E-state index < -0.39 is 9.04 Å². The molecule has 0 spiro atoms. The fourth-order valence-corrected chi connectivity index (χ4v) is 8.59. The number of rotatable bonds is 11. The number of hydrogen-bond donors (Lipinski definition) is 0. The van der Waals surface area contributed by atoms with Crippen LogP contribution < -0.4 is 24.6 Å². The standard InChI is InChI=1S/C35H40O4Si/c1-34(2,3)33(39-40(28-17-11-7-12-18-28)29-19-13-8-14-20-29)30-24-35(30,26-15-9-6-10-16-26)25-38-27-21-22-31(36-4)32(23-27)37-5/h6-23,30,33,40H,24-25H2,1-5H3. The van der Waals surface area contributed by atoms with E-state index in [2.05, 4.69) is 112 Å². The third-order valence-corrected chi connectivity index (χ3v) is 10.6. The SMILES string of the molecule is COc1ccc(OCC2(c3ccccc3)CC2C(O[SiH](c2ccccc2)c2ccccc2)C(C)(C)C)cc1OC. The Kier molecular flexibility index (Phi) is 8.34. The molecule has 0 aliphatic heterocycles. The van der Waals surface area contributed by atoms with E-state index >= 15 is 0 Å². The zero-order valence-corrected chi connectivity index (χ0v) is 25.3. The lowest BCUT2D eigenvalue weighted by Crippen LogP contribution is -2.51. The lowest BCUT2D eigenvalue weighted by molar-refractivity contribution is 0.0576. The van der Waals surface area contributed by atoms with Gasteiger partial charge in [0.05, 0.1) is 26.9 Å². The molecule has 40 heavy (non-hydrogen) atoms. The van der Waals surface area contributed by atoms with Gasteiger partial charge in [0.25, 0.3) is 0 Å². The van der Waals surface area contributed by atoms with Crippen molar-refractivity contribution in [2.24, 2.45) is 11.3 Å². The third kappa shape index (κ3) is 5.96. The summed E-state index contributed by atoms with van der Waals surface area (Å²) in [5, 5.41) is 2.60. The van der Waals surface area contributed by atoms with E-state index in [1.54, 1.807) is 14.2 Å². The average Bonchev–Trinajstić information content (AvgIpc) is 3.72. The van der Waals surface area contributed by atoms with Crippen molar-refractivity contribution >= 4 is 19.4 Å². The second-order valence-corrected chi connectivity index (χ2v) is 14.1. The Balaban J connectivity index is 1.47. The van der Waals surface area contributed by atoms with Gasteiger partial charge in [-0.3, -0.25) is 0 Å². The molecule has 5 heteroatoms.